The molecule has 0 radical (unpaired) electrons. The van der Waals surface area contributed by atoms with Crippen LogP contribution < -0.4 is 5.32 Å². The van der Waals surface area contributed by atoms with E-state index in [9.17, 15) is 15.0 Å². The Morgan fingerprint density at radius 3 is 2.74 bits per heavy atom. The minimum absolute atomic E-state index is 0.102. The quantitative estimate of drug-likeness (QED) is 0.694. The maximum Gasteiger partial charge on any atom is 0.305 e. The van der Waals surface area contributed by atoms with Gasteiger partial charge in [0.15, 0.2) is 0 Å². The van der Waals surface area contributed by atoms with Gasteiger partial charge in [0, 0.05) is 13.0 Å². The molecule has 0 unspecified atom stereocenters. The summed E-state index contributed by atoms with van der Waals surface area (Å²) >= 11 is 0. The van der Waals surface area contributed by atoms with Gasteiger partial charge in [-0.25, -0.2) is 0 Å². The molecule has 2 rings (SSSR count). The fraction of sp³-hybridized carbons (Fsp3) is 0.500. The summed E-state index contributed by atoms with van der Waals surface area (Å²) in [6, 6.07) is 6.78. The largest absolute Gasteiger partial charge is 0.508 e. The number of ether oxygens (including phenoxy) is 1. The number of benzene rings is 1. The average Bonchev–Trinajstić information content (AvgIpc) is 2.74. The zero-order valence-corrected chi connectivity index (χ0v) is 10.9. The van der Waals surface area contributed by atoms with E-state index in [1.807, 2.05) is 12.1 Å². The third kappa shape index (κ3) is 3.45. The lowest BCUT2D eigenvalue weighted by Crippen LogP contribution is -2.38. The molecule has 104 valence electrons. The zero-order chi connectivity index (χ0) is 13.8. The maximum atomic E-state index is 11.4. The highest BCUT2D eigenvalue weighted by atomic mass is 16.6. The average molecular weight is 265 g/mol. The van der Waals surface area contributed by atoms with E-state index in [1.54, 1.807) is 19.1 Å². The Kier molecular flexibility index (Phi) is 4.39. The molecule has 0 aromatic heterocycles. The molecule has 1 aliphatic heterocycles. The van der Waals surface area contributed by atoms with Crippen molar-refractivity contribution < 1.29 is 19.7 Å². The van der Waals surface area contributed by atoms with Crippen molar-refractivity contribution in [3.8, 4) is 5.75 Å². The lowest BCUT2D eigenvalue weighted by atomic mass is 10.0. The third-order valence-corrected chi connectivity index (χ3v) is 3.31. The monoisotopic (exact) mass is 265 g/mol. The zero-order valence-electron chi connectivity index (χ0n) is 10.9. The van der Waals surface area contributed by atoms with Crippen LogP contribution in [0.4, 0.5) is 0 Å². The first-order chi connectivity index (χ1) is 9.10. The molecule has 5 nitrogen and oxygen atoms in total. The molecule has 0 aliphatic carbocycles. The number of hydrogen-bond acceptors (Lipinski definition) is 5. The topological polar surface area (TPSA) is 78.8 Å². The molecule has 3 atom stereocenters. The third-order valence-electron chi connectivity index (χ3n) is 3.31. The van der Waals surface area contributed by atoms with Crippen molar-refractivity contribution in [1.82, 2.24) is 5.32 Å². The van der Waals surface area contributed by atoms with E-state index in [0.29, 0.717) is 19.4 Å². The number of aliphatic hydroxyl groups excluding tert-OH is 1. The summed E-state index contributed by atoms with van der Waals surface area (Å²) in [6.45, 7) is 2.15. The highest BCUT2D eigenvalue weighted by molar-refractivity contribution is 5.69. The number of phenolic OH excluding ortho intramolecular Hbond substituents is 1. The summed E-state index contributed by atoms with van der Waals surface area (Å²) in [7, 11) is 0. The van der Waals surface area contributed by atoms with E-state index >= 15 is 0 Å². The van der Waals surface area contributed by atoms with E-state index in [0.717, 1.165) is 5.56 Å². The minimum Gasteiger partial charge on any atom is -0.508 e. The predicted octanol–water partition coefficient (Wildman–Crippen LogP) is 0.589. The summed E-state index contributed by atoms with van der Waals surface area (Å²) < 4.78 is 5.28. The highest BCUT2D eigenvalue weighted by Gasteiger charge is 2.37. The van der Waals surface area contributed by atoms with Gasteiger partial charge in [-0.05, 0) is 24.1 Å². The van der Waals surface area contributed by atoms with Crippen LogP contribution in [-0.4, -0.2) is 41.0 Å². The van der Waals surface area contributed by atoms with E-state index in [2.05, 4.69) is 5.32 Å². The van der Waals surface area contributed by atoms with Crippen molar-refractivity contribution >= 4 is 5.97 Å². The van der Waals surface area contributed by atoms with Crippen molar-refractivity contribution in [3.63, 3.8) is 0 Å². The molecule has 0 amide bonds. The van der Waals surface area contributed by atoms with Gasteiger partial charge in [-0.3, -0.25) is 4.79 Å². The summed E-state index contributed by atoms with van der Waals surface area (Å²) in [4.78, 5) is 11.4. The van der Waals surface area contributed by atoms with Gasteiger partial charge in [0.2, 0.25) is 0 Å². The maximum absolute atomic E-state index is 11.4. The molecule has 1 fully saturated rings. The second-order valence-corrected chi connectivity index (χ2v) is 4.76. The molecule has 5 heteroatoms. The Hall–Kier alpha value is -1.59. The molecule has 3 N–H and O–H groups in total. The fourth-order valence-corrected chi connectivity index (χ4v) is 2.24. The Labute approximate surface area is 112 Å². The molecule has 1 aromatic rings. The van der Waals surface area contributed by atoms with E-state index in [1.165, 1.54) is 0 Å². The highest BCUT2D eigenvalue weighted by Crippen LogP contribution is 2.19. The smallest absolute Gasteiger partial charge is 0.305 e. The number of rotatable bonds is 4. The first-order valence-electron chi connectivity index (χ1n) is 6.49. The molecular weight excluding hydrogens is 246 g/mol. The molecule has 0 saturated carbocycles. The number of esters is 1. The first kappa shape index (κ1) is 13.8. The van der Waals surface area contributed by atoms with Crippen molar-refractivity contribution in [2.24, 2.45) is 0 Å². The number of aromatic hydroxyl groups is 1. The molecular formula is C14H19NO4. The van der Waals surface area contributed by atoms with Crippen molar-refractivity contribution in [2.75, 3.05) is 6.54 Å². The van der Waals surface area contributed by atoms with Gasteiger partial charge in [0.25, 0.3) is 0 Å². The Morgan fingerprint density at radius 2 is 2.11 bits per heavy atom. The SMILES string of the molecule is CCC(=O)O[C@@H]1[C@@H](O)CN[C@@H]1Cc1ccc(O)cc1. The van der Waals surface area contributed by atoms with E-state index in [-0.39, 0.29) is 17.8 Å². The number of aliphatic hydroxyl groups is 1. The van der Waals surface area contributed by atoms with Crippen LogP contribution >= 0.6 is 0 Å². The first-order valence-corrected chi connectivity index (χ1v) is 6.49. The second kappa shape index (κ2) is 6.04. The number of carbonyl (C=O) groups is 1. The van der Waals surface area contributed by atoms with Crippen LogP contribution in [-0.2, 0) is 16.0 Å². The van der Waals surface area contributed by atoms with Crippen molar-refractivity contribution in [3.05, 3.63) is 29.8 Å². The number of hydrogen-bond donors (Lipinski definition) is 3. The standard InChI is InChI=1S/C14H19NO4/c1-2-13(18)19-14-11(15-8-12(14)17)7-9-3-5-10(16)6-4-9/h3-6,11-12,14-17H,2,7-8H2,1H3/t11-,12+,14+/m1/s1. The number of carbonyl (C=O) groups excluding carboxylic acids is 1. The normalized spacial score (nSPS) is 26.3. The van der Waals surface area contributed by atoms with Crippen LogP contribution in [0.15, 0.2) is 24.3 Å². The Balaban J connectivity index is 2.01. The van der Waals surface area contributed by atoms with Crippen LogP contribution in [0, 0.1) is 0 Å². The summed E-state index contributed by atoms with van der Waals surface area (Å²) in [5, 5.41) is 22.2. The van der Waals surface area contributed by atoms with Crippen LogP contribution in [0.25, 0.3) is 0 Å². The van der Waals surface area contributed by atoms with E-state index in [4.69, 9.17) is 4.74 Å². The van der Waals surface area contributed by atoms with Crippen LogP contribution in [0.1, 0.15) is 18.9 Å². The van der Waals surface area contributed by atoms with Gasteiger partial charge in [-0.15, -0.1) is 0 Å². The van der Waals surface area contributed by atoms with Gasteiger partial charge in [-0.1, -0.05) is 19.1 Å². The molecule has 1 aromatic carbocycles. The minimum atomic E-state index is -0.669. The van der Waals surface area contributed by atoms with Crippen LogP contribution in [0.2, 0.25) is 0 Å². The number of nitrogens with one attached hydrogen (secondary N) is 1. The number of β-amino-alcohol motifs (C(OH)–C–C–N with tert-alkyl or cyclic N) is 1. The number of phenols is 1. The molecule has 1 saturated heterocycles. The fourth-order valence-electron chi connectivity index (χ4n) is 2.24. The van der Waals surface area contributed by atoms with Gasteiger partial charge in [-0.2, -0.15) is 0 Å². The molecule has 0 bridgehead atoms. The van der Waals surface area contributed by atoms with Gasteiger partial charge in [0.1, 0.15) is 18.0 Å². The summed E-state index contributed by atoms with van der Waals surface area (Å²) in [5.41, 5.74) is 1.02. The molecule has 1 aliphatic rings. The van der Waals surface area contributed by atoms with Crippen LogP contribution in [0.5, 0.6) is 5.75 Å². The second-order valence-electron chi connectivity index (χ2n) is 4.76. The van der Waals surface area contributed by atoms with Gasteiger partial charge >= 0.3 is 5.97 Å². The molecule has 1 heterocycles. The Bertz CT molecular complexity index is 432. The van der Waals surface area contributed by atoms with Gasteiger partial charge < -0.3 is 20.3 Å². The summed E-state index contributed by atoms with van der Waals surface area (Å²) in [5.74, 6) is -0.0828. The molecule has 19 heavy (non-hydrogen) atoms. The summed E-state index contributed by atoms with van der Waals surface area (Å²) in [6.07, 6.45) is -0.243. The predicted molar refractivity (Wildman–Crippen MR) is 69.8 cm³/mol. The lowest BCUT2D eigenvalue weighted by Gasteiger charge is -2.21. The van der Waals surface area contributed by atoms with Gasteiger partial charge in [0.05, 0.1) is 6.04 Å². The van der Waals surface area contributed by atoms with E-state index < -0.39 is 12.2 Å². The van der Waals surface area contributed by atoms with Crippen LogP contribution in [0.3, 0.4) is 0 Å². The van der Waals surface area contributed by atoms with Crippen molar-refractivity contribution in [1.29, 1.82) is 0 Å². The molecule has 0 spiro atoms. The van der Waals surface area contributed by atoms with Crippen molar-refractivity contribution in [2.45, 2.75) is 38.0 Å². The lowest BCUT2D eigenvalue weighted by molar-refractivity contribution is -0.153. The Morgan fingerprint density at radius 1 is 1.42 bits per heavy atom.